The Balaban J connectivity index is 1.99. The van der Waals surface area contributed by atoms with E-state index in [1.165, 1.54) is 12.1 Å². The van der Waals surface area contributed by atoms with E-state index in [0.29, 0.717) is 6.42 Å². The van der Waals surface area contributed by atoms with E-state index in [2.05, 4.69) is 5.32 Å². The molecule has 1 saturated heterocycles. The van der Waals surface area contributed by atoms with Crippen LogP contribution < -0.4 is 5.32 Å². The third-order valence-electron chi connectivity index (χ3n) is 2.99. The Morgan fingerprint density at radius 2 is 2.38 bits per heavy atom. The first-order valence-corrected chi connectivity index (χ1v) is 5.90. The van der Waals surface area contributed by atoms with Crippen molar-refractivity contribution in [3.8, 4) is 0 Å². The number of rotatable bonds is 3. The Hall–Kier alpha value is -0.640. The van der Waals surface area contributed by atoms with Crippen LogP contribution in [0.2, 0.25) is 5.02 Å². The van der Waals surface area contributed by atoms with Crippen LogP contribution in [0.15, 0.2) is 18.2 Å². The van der Waals surface area contributed by atoms with Crippen LogP contribution in [0.5, 0.6) is 0 Å². The molecule has 0 bridgehead atoms. The highest BCUT2D eigenvalue weighted by Gasteiger charge is 2.22. The molecule has 0 spiro atoms. The number of halogens is 2. The normalized spacial score (nSPS) is 22.3. The van der Waals surface area contributed by atoms with E-state index < -0.39 is 11.9 Å². The summed E-state index contributed by atoms with van der Waals surface area (Å²) in [4.78, 5) is 0. The van der Waals surface area contributed by atoms with Crippen molar-refractivity contribution >= 4 is 11.6 Å². The predicted molar refractivity (Wildman–Crippen MR) is 62.1 cm³/mol. The zero-order chi connectivity index (χ0) is 11.5. The van der Waals surface area contributed by atoms with Crippen LogP contribution in [-0.4, -0.2) is 23.8 Å². The van der Waals surface area contributed by atoms with Gasteiger partial charge in [0.1, 0.15) is 5.82 Å². The first-order valence-electron chi connectivity index (χ1n) is 5.52. The zero-order valence-electron chi connectivity index (χ0n) is 8.92. The second kappa shape index (κ2) is 5.13. The van der Waals surface area contributed by atoms with Crippen molar-refractivity contribution in [1.29, 1.82) is 0 Å². The summed E-state index contributed by atoms with van der Waals surface area (Å²) < 4.78 is 13.2. The Labute approximate surface area is 99.4 Å². The highest BCUT2D eigenvalue weighted by atomic mass is 35.5. The van der Waals surface area contributed by atoms with Crippen molar-refractivity contribution in [2.45, 2.75) is 31.4 Å². The molecule has 1 aliphatic heterocycles. The molecule has 2 atom stereocenters. The second-order valence-electron chi connectivity index (χ2n) is 4.22. The highest BCUT2D eigenvalue weighted by Crippen LogP contribution is 2.18. The fourth-order valence-corrected chi connectivity index (χ4v) is 2.21. The molecule has 2 unspecified atom stereocenters. The molecule has 2 N–H and O–H groups in total. The van der Waals surface area contributed by atoms with Crippen molar-refractivity contribution in [2.24, 2.45) is 0 Å². The minimum absolute atomic E-state index is 0.122. The molecule has 0 aliphatic carbocycles. The van der Waals surface area contributed by atoms with Gasteiger partial charge in [-0.15, -0.1) is 0 Å². The lowest BCUT2D eigenvalue weighted by atomic mass is 10.0. The van der Waals surface area contributed by atoms with Crippen LogP contribution in [0.3, 0.4) is 0 Å². The SMILES string of the molecule is OC(Cc1ccc(Cl)c(F)c1)C1CCCN1. The highest BCUT2D eigenvalue weighted by molar-refractivity contribution is 6.30. The number of aliphatic hydroxyl groups is 1. The molecule has 1 aromatic carbocycles. The molecule has 1 fully saturated rings. The summed E-state index contributed by atoms with van der Waals surface area (Å²) in [5.74, 6) is -0.425. The molecule has 2 rings (SSSR count). The maximum atomic E-state index is 13.2. The van der Waals surface area contributed by atoms with Crippen molar-refractivity contribution in [1.82, 2.24) is 5.32 Å². The van der Waals surface area contributed by atoms with Crippen LogP contribution in [0.1, 0.15) is 18.4 Å². The first-order chi connectivity index (χ1) is 7.66. The average molecular weight is 244 g/mol. The fourth-order valence-electron chi connectivity index (χ4n) is 2.09. The summed E-state index contributed by atoms with van der Waals surface area (Å²) in [6.07, 6.45) is 2.09. The minimum atomic E-state index is -0.455. The summed E-state index contributed by atoms with van der Waals surface area (Å²) in [5, 5.41) is 13.3. The molecule has 1 heterocycles. The molecule has 88 valence electrons. The van der Waals surface area contributed by atoms with Crippen molar-refractivity contribution in [2.75, 3.05) is 6.54 Å². The van der Waals surface area contributed by atoms with Crippen LogP contribution in [-0.2, 0) is 6.42 Å². The van der Waals surface area contributed by atoms with Gasteiger partial charge in [0.15, 0.2) is 0 Å². The van der Waals surface area contributed by atoms with Crippen LogP contribution in [0.4, 0.5) is 4.39 Å². The van der Waals surface area contributed by atoms with Crippen LogP contribution in [0, 0.1) is 5.82 Å². The summed E-state index contributed by atoms with van der Waals surface area (Å²) >= 11 is 5.59. The molecule has 16 heavy (non-hydrogen) atoms. The van der Waals surface area contributed by atoms with Gasteiger partial charge in [0.25, 0.3) is 0 Å². The average Bonchev–Trinajstić information content (AvgIpc) is 2.77. The number of aliphatic hydroxyl groups excluding tert-OH is 1. The van der Waals surface area contributed by atoms with Gasteiger partial charge in [-0.1, -0.05) is 17.7 Å². The smallest absolute Gasteiger partial charge is 0.142 e. The van der Waals surface area contributed by atoms with E-state index in [4.69, 9.17) is 11.6 Å². The lowest BCUT2D eigenvalue weighted by Gasteiger charge is -2.18. The largest absolute Gasteiger partial charge is 0.391 e. The summed E-state index contributed by atoms with van der Waals surface area (Å²) in [7, 11) is 0. The number of nitrogens with one attached hydrogen (secondary N) is 1. The summed E-state index contributed by atoms with van der Waals surface area (Å²) in [6, 6.07) is 4.81. The Bertz CT molecular complexity index is 366. The van der Waals surface area contributed by atoms with Gasteiger partial charge in [0.05, 0.1) is 11.1 Å². The second-order valence-corrected chi connectivity index (χ2v) is 4.63. The Morgan fingerprint density at radius 1 is 1.56 bits per heavy atom. The van der Waals surface area contributed by atoms with Crippen molar-refractivity contribution in [3.63, 3.8) is 0 Å². The summed E-state index contributed by atoms with van der Waals surface area (Å²) in [5.41, 5.74) is 0.781. The van der Waals surface area contributed by atoms with E-state index in [1.54, 1.807) is 6.07 Å². The molecule has 0 saturated carbocycles. The molecule has 1 aromatic rings. The van der Waals surface area contributed by atoms with Gasteiger partial charge in [-0.25, -0.2) is 4.39 Å². The lowest BCUT2D eigenvalue weighted by Crippen LogP contribution is -2.36. The predicted octanol–water partition coefficient (Wildman–Crippen LogP) is 2.13. The van der Waals surface area contributed by atoms with Gasteiger partial charge >= 0.3 is 0 Å². The van der Waals surface area contributed by atoms with Crippen LogP contribution in [0.25, 0.3) is 0 Å². The van der Waals surface area contributed by atoms with Gasteiger partial charge in [-0.05, 0) is 43.5 Å². The molecule has 4 heteroatoms. The lowest BCUT2D eigenvalue weighted by molar-refractivity contribution is 0.136. The van der Waals surface area contributed by atoms with E-state index in [-0.39, 0.29) is 11.1 Å². The zero-order valence-corrected chi connectivity index (χ0v) is 9.67. The van der Waals surface area contributed by atoms with E-state index in [1.807, 2.05) is 0 Å². The monoisotopic (exact) mass is 243 g/mol. The standard InChI is InChI=1S/C12H15ClFNO/c13-9-4-3-8(6-10(9)14)7-12(16)11-2-1-5-15-11/h3-4,6,11-12,15-16H,1-2,5,7H2. The van der Waals surface area contributed by atoms with Crippen molar-refractivity contribution in [3.05, 3.63) is 34.6 Å². The van der Waals surface area contributed by atoms with E-state index >= 15 is 0 Å². The Morgan fingerprint density at radius 3 is 3.00 bits per heavy atom. The van der Waals surface area contributed by atoms with Gasteiger partial charge in [0, 0.05) is 6.04 Å². The number of benzene rings is 1. The van der Waals surface area contributed by atoms with Crippen molar-refractivity contribution < 1.29 is 9.50 Å². The molecule has 2 nitrogen and oxygen atoms in total. The van der Waals surface area contributed by atoms with Gasteiger partial charge < -0.3 is 10.4 Å². The van der Waals surface area contributed by atoms with E-state index in [9.17, 15) is 9.50 Å². The maximum absolute atomic E-state index is 13.2. The molecule has 0 radical (unpaired) electrons. The topological polar surface area (TPSA) is 32.3 Å². The third-order valence-corrected chi connectivity index (χ3v) is 3.30. The quantitative estimate of drug-likeness (QED) is 0.853. The molecule has 1 aliphatic rings. The van der Waals surface area contributed by atoms with Gasteiger partial charge in [0.2, 0.25) is 0 Å². The third kappa shape index (κ3) is 2.73. The molecular weight excluding hydrogens is 229 g/mol. The molecule has 0 amide bonds. The number of hydrogen-bond acceptors (Lipinski definition) is 2. The minimum Gasteiger partial charge on any atom is -0.391 e. The van der Waals surface area contributed by atoms with Gasteiger partial charge in [-0.3, -0.25) is 0 Å². The fraction of sp³-hybridized carbons (Fsp3) is 0.500. The molecular formula is C12H15ClFNO. The Kier molecular flexibility index (Phi) is 3.79. The van der Waals surface area contributed by atoms with E-state index in [0.717, 1.165) is 24.9 Å². The molecule has 0 aromatic heterocycles. The summed E-state index contributed by atoms with van der Waals surface area (Å²) in [6.45, 7) is 0.955. The van der Waals surface area contributed by atoms with Crippen LogP contribution >= 0.6 is 11.6 Å². The maximum Gasteiger partial charge on any atom is 0.142 e. The number of hydrogen-bond donors (Lipinski definition) is 2. The van der Waals surface area contributed by atoms with Gasteiger partial charge in [-0.2, -0.15) is 0 Å². The first kappa shape index (κ1) is 11.8.